The van der Waals surface area contributed by atoms with Gasteiger partial charge in [0.05, 0.1) is 38.0 Å². The Morgan fingerprint density at radius 3 is 2.04 bits per heavy atom. The highest BCUT2D eigenvalue weighted by molar-refractivity contribution is 7.26. The molecule has 0 fully saturated rings. The van der Waals surface area contributed by atoms with E-state index in [2.05, 4.69) is 167 Å². The third-order valence-corrected chi connectivity index (χ3v) is 11.8. The molecule has 236 valence electrons. The average molecular weight is 667 g/mol. The van der Waals surface area contributed by atoms with Gasteiger partial charge in [-0.05, 0) is 47.9 Å². The van der Waals surface area contributed by atoms with E-state index in [0.717, 1.165) is 38.9 Å². The first-order valence-electron chi connectivity index (χ1n) is 17.3. The van der Waals surface area contributed by atoms with Gasteiger partial charge in [-0.2, -0.15) is 0 Å². The normalized spacial score (nSPS) is 12.3. The van der Waals surface area contributed by atoms with Gasteiger partial charge in [-0.1, -0.05) is 115 Å². The molecule has 0 saturated carbocycles. The van der Waals surface area contributed by atoms with Crippen molar-refractivity contribution in [3.8, 4) is 22.9 Å². The number of aromatic nitrogens is 4. The highest BCUT2D eigenvalue weighted by atomic mass is 32.1. The molecule has 4 aromatic heterocycles. The summed E-state index contributed by atoms with van der Waals surface area (Å²) in [5.74, 6) is 0.673. The van der Waals surface area contributed by atoms with E-state index in [1.54, 1.807) is 0 Å². The third kappa shape index (κ3) is 3.63. The number of rotatable bonds is 3. The van der Waals surface area contributed by atoms with Crippen LogP contribution in [0.4, 0.5) is 0 Å². The third-order valence-electron chi connectivity index (χ3n) is 10.6. The molecule has 0 atom stereocenters. The minimum Gasteiger partial charge on any atom is -0.308 e. The van der Waals surface area contributed by atoms with Crippen molar-refractivity contribution in [2.24, 2.45) is 0 Å². The van der Waals surface area contributed by atoms with Crippen molar-refractivity contribution >= 4 is 96.8 Å². The van der Waals surface area contributed by atoms with Crippen LogP contribution in [-0.4, -0.2) is 19.1 Å². The van der Waals surface area contributed by atoms with Crippen molar-refractivity contribution in [3.63, 3.8) is 0 Å². The number of thiophene rings is 1. The molecule has 5 heteroatoms. The summed E-state index contributed by atoms with van der Waals surface area (Å²) < 4.78 is 7.44. The second kappa shape index (κ2) is 10.0. The van der Waals surface area contributed by atoms with Gasteiger partial charge in [-0.25, -0.2) is 9.97 Å². The quantitative estimate of drug-likeness (QED) is 0.176. The van der Waals surface area contributed by atoms with Crippen LogP contribution in [0.25, 0.3) is 108 Å². The van der Waals surface area contributed by atoms with E-state index in [0.29, 0.717) is 5.95 Å². The highest BCUT2D eigenvalue weighted by Gasteiger charge is 2.26. The number of hydrogen-bond donors (Lipinski definition) is 0. The fourth-order valence-corrected chi connectivity index (χ4v) is 9.76. The van der Waals surface area contributed by atoms with Gasteiger partial charge in [-0.3, -0.25) is 4.57 Å². The van der Waals surface area contributed by atoms with Crippen molar-refractivity contribution in [1.82, 2.24) is 19.1 Å². The Labute approximate surface area is 295 Å². The van der Waals surface area contributed by atoms with Gasteiger partial charge in [0.15, 0.2) is 0 Å². The van der Waals surface area contributed by atoms with Crippen molar-refractivity contribution in [2.75, 3.05) is 0 Å². The second-order valence-corrected chi connectivity index (χ2v) is 14.4. The van der Waals surface area contributed by atoms with Crippen LogP contribution in [-0.2, 0) is 0 Å². The van der Waals surface area contributed by atoms with Gasteiger partial charge in [0.2, 0.25) is 5.95 Å². The van der Waals surface area contributed by atoms with E-state index in [4.69, 9.17) is 9.97 Å². The van der Waals surface area contributed by atoms with Crippen LogP contribution in [0.2, 0.25) is 0 Å². The number of nitrogens with zero attached hydrogens (tertiary/aromatic N) is 4. The van der Waals surface area contributed by atoms with Crippen molar-refractivity contribution in [1.29, 1.82) is 0 Å². The Bertz CT molecular complexity index is 3350. The van der Waals surface area contributed by atoms with Gasteiger partial charge < -0.3 is 4.57 Å². The Morgan fingerprint density at radius 2 is 1.18 bits per heavy atom. The largest absolute Gasteiger partial charge is 0.308 e. The van der Waals surface area contributed by atoms with E-state index in [9.17, 15) is 0 Å². The van der Waals surface area contributed by atoms with Crippen LogP contribution in [0, 0.1) is 0 Å². The molecule has 0 radical (unpaired) electrons. The summed E-state index contributed by atoms with van der Waals surface area (Å²) in [4.78, 5) is 10.7. The maximum Gasteiger partial charge on any atom is 0.235 e. The van der Waals surface area contributed by atoms with Crippen LogP contribution in [0.5, 0.6) is 0 Å². The van der Waals surface area contributed by atoms with Gasteiger partial charge in [0, 0.05) is 59.0 Å². The Hall–Kier alpha value is -6.56. The topological polar surface area (TPSA) is 35.6 Å². The molecule has 0 amide bonds. The molecular weight excluding hydrogens is 641 g/mol. The lowest BCUT2D eigenvalue weighted by molar-refractivity contribution is 1.02. The number of para-hydroxylation sites is 3. The van der Waals surface area contributed by atoms with E-state index < -0.39 is 0 Å². The van der Waals surface area contributed by atoms with Crippen molar-refractivity contribution in [3.05, 3.63) is 158 Å². The Morgan fingerprint density at radius 1 is 0.451 bits per heavy atom. The molecule has 12 rings (SSSR count). The SMILES string of the molecule is c1ccc(-c2nc(-n3c4ccccc4c4cc5c6c(ccc7cc8c9ccccc9sc8c(c76)n5-c5ccccc5)c43)nc3ccccc23)cc1. The summed E-state index contributed by atoms with van der Waals surface area (Å²) in [5.41, 5.74) is 8.79. The Balaban J connectivity index is 1.30. The van der Waals surface area contributed by atoms with Gasteiger partial charge in [0.1, 0.15) is 0 Å². The molecular formula is C46H26N4S. The summed E-state index contributed by atoms with van der Waals surface area (Å²) in [6, 6.07) is 56.7. The maximum absolute atomic E-state index is 5.39. The first-order chi connectivity index (χ1) is 25.3. The molecule has 51 heavy (non-hydrogen) atoms. The molecule has 12 aromatic rings. The van der Waals surface area contributed by atoms with Crippen molar-refractivity contribution < 1.29 is 0 Å². The minimum absolute atomic E-state index is 0.673. The minimum atomic E-state index is 0.673. The van der Waals surface area contributed by atoms with Crippen LogP contribution in [0.15, 0.2) is 158 Å². The molecule has 0 spiro atoms. The molecule has 0 aliphatic carbocycles. The van der Waals surface area contributed by atoms with Gasteiger partial charge >= 0.3 is 0 Å². The van der Waals surface area contributed by atoms with Crippen LogP contribution < -0.4 is 0 Å². The first kappa shape index (κ1) is 27.3. The standard InChI is InChI=1S/C46H26N4S/c1-3-13-27(14-4-1)42-32-19-7-10-20-36(32)47-46(48-42)50-37-21-11-8-17-30(37)34-26-38-41-33(43(34)50)24-23-28-25-35-31-18-9-12-22-39(31)51-45(35)44(40(28)41)49(38)29-15-5-2-6-16-29/h1-26H. The lowest BCUT2D eigenvalue weighted by atomic mass is 9.98. The van der Waals surface area contributed by atoms with E-state index in [1.165, 1.54) is 63.5 Å². The van der Waals surface area contributed by atoms with Crippen LogP contribution in [0.3, 0.4) is 0 Å². The predicted molar refractivity (Wildman–Crippen MR) is 215 cm³/mol. The molecule has 4 heterocycles. The number of fused-ring (bicyclic) bond motifs is 9. The lowest BCUT2D eigenvalue weighted by Crippen LogP contribution is -2.03. The molecule has 0 saturated heterocycles. The molecule has 8 aromatic carbocycles. The summed E-state index contributed by atoms with van der Waals surface area (Å²) >= 11 is 1.89. The molecule has 0 bridgehead atoms. The predicted octanol–water partition coefficient (Wildman–Crippen LogP) is 12.4. The zero-order valence-electron chi connectivity index (χ0n) is 27.2. The summed E-state index contributed by atoms with van der Waals surface area (Å²) in [5, 5.41) is 11.0. The smallest absolute Gasteiger partial charge is 0.235 e. The summed E-state index contributed by atoms with van der Waals surface area (Å²) in [7, 11) is 0. The van der Waals surface area contributed by atoms with Crippen LogP contribution >= 0.6 is 11.3 Å². The second-order valence-electron chi connectivity index (χ2n) is 13.4. The fourth-order valence-electron chi connectivity index (χ4n) is 8.54. The zero-order valence-corrected chi connectivity index (χ0v) is 28.0. The number of benzene rings is 8. The highest BCUT2D eigenvalue weighted by Crippen LogP contribution is 2.49. The van der Waals surface area contributed by atoms with E-state index in [1.807, 2.05) is 11.3 Å². The Kier molecular flexibility index (Phi) is 5.35. The van der Waals surface area contributed by atoms with E-state index in [-0.39, 0.29) is 0 Å². The molecule has 4 nitrogen and oxygen atoms in total. The molecule has 0 unspecified atom stereocenters. The lowest BCUT2D eigenvalue weighted by Gasteiger charge is -2.13. The molecule has 0 aliphatic rings. The van der Waals surface area contributed by atoms with Crippen molar-refractivity contribution in [2.45, 2.75) is 0 Å². The first-order valence-corrected chi connectivity index (χ1v) is 18.1. The van der Waals surface area contributed by atoms with Gasteiger partial charge in [0.25, 0.3) is 0 Å². The van der Waals surface area contributed by atoms with Crippen LogP contribution in [0.1, 0.15) is 0 Å². The number of hydrogen-bond acceptors (Lipinski definition) is 3. The fraction of sp³-hybridized carbons (Fsp3) is 0. The average Bonchev–Trinajstić information content (AvgIpc) is 3.85. The van der Waals surface area contributed by atoms with E-state index >= 15 is 0 Å². The maximum atomic E-state index is 5.39. The molecule has 0 aliphatic heterocycles. The summed E-state index contributed by atoms with van der Waals surface area (Å²) in [6.45, 7) is 0. The van der Waals surface area contributed by atoms with Gasteiger partial charge in [-0.15, -0.1) is 11.3 Å². The zero-order chi connectivity index (χ0) is 33.2. The summed E-state index contributed by atoms with van der Waals surface area (Å²) in [6.07, 6.45) is 0. The molecule has 0 N–H and O–H groups in total. The monoisotopic (exact) mass is 666 g/mol.